The lowest BCUT2D eigenvalue weighted by molar-refractivity contribution is -0.154. The van der Waals surface area contributed by atoms with E-state index in [0.717, 1.165) is 0 Å². The van der Waals surface area contributed by atoms with Crippen LogP contribution in [0.15, 0.2) is 41.0 Å². The van der Waals surface area contributed by atoms with E-state index in [4.69, 9.17) is 4.74 Å². The molecular weight excluding hydrogens is 320 g/mol. The zero-order chi connectivity index (χ0) is 16.6. The maximum absolute atomic E-state index is 12.3. The number of rotatable bonds is 4. The van der Waals surface area contributed by atoms with E-state index in [0.29, 0.717) is 24.4 Å². The van der Waals surface area contributed by atoms with Crippen molar-refractivity contribution in [2.45, 2.75) is 24.5 Å². The van der Waals surface area contributed by atoms with Crippen molar-refractivity contribution >= 4 is 27.3 Å². The Morgan fingerprint density at radius 3 is 2.65 bits per heavy atom. The average molecular weight is 336 g/mol. The zero-order valence-electron chi connectivity index (χ0n) is 12.5. The molecule has 1 atom stereocenters. The van der Waals surface area contributed by atoms with E-state index in [1.165, 1.54) is 37.3 Å². The maximum Gasteiger partial charge on any atom is 0.231 e. The number of anilines is 1. The normalized spacial score (nSPS) is 21.6. The lowest BCUT2D eigenvalue weighted by Crippen LogP contribution is -2.48. The van der Waals surface area contributed by atoms with E-state index >= 15 is 0 Å². The second-order valence-electron chi connectivity index (χ2n) is 5.46. The first-order valence-corrected chi connectivity index (χ1v) is 8.76. The van der Waals surface area contributed by atoms with Crippen molar-refractivity contribution in [1.82, 2.24) is 4.90 Å². The number of sulfone groups is 1. The summed E-state index contributed by atoms with van der Waals surface area (Å²) in [6.07, 6.45) is 1.63. The Labute approximate surface area is 133 Å². The van der Waals surface area contributed by atoms with Crippen molar-refractivity contribution in [1.29, 1.82) is 0 Å². The number of hydrogen-bond acceptors (Lipinski definition) is 5. The number of amides is 2. The van der Waals surface area contributed by atoms with Gasteiger partial charge in [0.2, 0.25) is 11.8 Å². The minimum atomic E-state index is -3.49. The number of fused-ring (bicyclic) bond motifs is 1. The Morgan fingerprint density at radius 1 is 1.39 bits per heavy atom. The van der Waals surface area contributed by atoms with Gasteiger partial charge in [0.25, 0.3) is 0 Å². The number of nitrogens with one attached hydrogen (secondary N) is 1. The van der Waals surface area contributed by atoms with Crippen LogP contribution in [0.5, 0.6) is 0 Å². The van der Waals surface area contributed by atoms with Gasteiger partial charge < -0.3 is 10.1 Å². The van der Waals surface area contributed by atoms with Crippen molar-refractivity contribution in [3.8, 4) is 0 Å². The van der Waals surface area contributed by atoms with Crippen molar-refractivity contribution < 1.29 is 22.7 Å². The monoisotopic (exact) mass is 336 g/mol. The van der Waals surface area contributed by atoms with Crippen LogP contribution in [0.3, 0.4) is 0 Å². The van der Waals surface area contributed by atoms with Crippen LogP contribution in [0, 0.1) is 0 Å². The third-order valence-corrected chi connectivity index (χ3v) is 5.29. The summed E-state index contributed by atoms with van der Waals surface area (Å²) in [6, 6.07) is 5.98. The van der Waals surface area contributed by atoms with Crippen molar-refractivity contribution in [2.24, 2.45) is 0 Å². The number of ether oxygens (including phenoxy) is 1. The topological polar surface area (TPSA) is 92.8 Å². The average Bonchev–Trinajstić information content (AvgIpc) is 2.82. The van der Waals surface area contributed by atoms with Crippen molar-refractivity contribution in [2.75, 3.05) is 17.6 Å². The summed E-state index contributed by atoms with van der Waals surface area (Å²) in [5.74, 6) is 0.119. The fourth-order valence-corrected chi connectivity index (χ4v) is 3.61. The van der Waals surface area contributed by atoms with Crippen molar-refractivity contribution in [3.05, 3.63) is 36.1 Å². The molecular formula is C15H16N2O5S. The predicted molar refractivity (Wildman–Crippen MR) is 82.1 cm³/mol. The minimum absolute atomic E-state index is 0.0230. The standard InChI is InChI=1S/C15H16N2O5S/c1-10(18)16-11-2-4-13(5-3-11)23(20,21)7-6-12-9-17-14(19)8-15(17)22-12/h2-6,15H,7-9H2,1H3,(H,16,18)/b12-6-/t15-/m1/s1. The van der Waals surface area contributed by atoms with Gasteiger partial charge in [-0.1, -0.05) is 0 Å². The molecule has 0 saturated carbocycles. The molecule has 2 amide bonds. The summed E-state index contributed by atoms with van der Waals surface area (Å²) in [5.41, 5.74) is 0.539. The summed E-state index contributed by atoms with van der Waals surface area (Å²) in [4.78, 5) is 23.9. The molecule has 122 valence electrons. The van der Waals surface area contributed by atoms with Crippen LogP contribution < -0.4 is 5.32 Å². The lowest BCUT2D eigenvalue weighted by atomic mass is 10.2. The van der Waals surface area contributed by atoms with Gasteiger partial charge >= 0.3 is 0 Å². The van der Waals surface area contributed by atoms with Gasteiger partial charge in [-0.15, -0.1) is 0 Å². The Bertz CT molecular complexity index is 783. The number of carbonyl (C=O) groups is 2. The van der Waals surface area contributed by atoms with Crippen LogP contribution in [0.2, 0.25) is 0 Å². The van der Waals surface area contributed by atoms with Gasteiger partial charge in [-0.25, -0.2) is 8.42 Å². The van der Waals surface area contributed by atoms with Crippen LogP contribution in [0.25, 0.3) is 0 Å². The Morgan fingerprint density at radius 2 is 2.09 bits per heavy atom. The summed E-state index contributed by atoms with van der Waals surface area (Å²) in [5, 5.41) is 2.58. The van der Waals surface area contributed by atoms with Gasteiger partial charge in [0.1, 0.15) is 5.76 Å². The molecule has 0 radical (unpaired) electrons. The van der Waals surface area contributed by atoms with Gasteiger partial charge in [-0.2, -0.15) is 0 Å². The van der Waals surface area contributed by atoms with Crippen LogP contribution in [-0.2, 0) is 24.2 Å². The molecule has 0 bridgehead atoms. The Kier molecular flexibility index (Phi) is 3.85. The molecule has 2 fully saturated rings. The number of hydrogen-bond donors (Lipinski definition) is 1. The Hall–Kier alpha value is -2.35. The molecule has 3 rings (SSSR count). The molecule has 1 N–H and O–H groups in total. The second-order valence-corrected chi connectivity index (χ2v) is 7.49. The molecule has 2 saturated heterocycles. The molecule has 0 aliphatic carbocycles. The summed E-state index contributed by atoms with van der Waals surface area (Å²) in [7, 11) is -3.49. The van der Waals surface area contributed by atoms with Crippen LogP contribution >= 0.6 is 0 Å². The Balaban J connectivity index is 1.67. The van der Waals surface area contributed by atoms with Gasteiger partial charge in [0.05, 0.1) is 23.6 Å². The molecule has 2 heterocycles. The highest BCUT2D eigenvalue weighted by Crippen LogP contribution is 2.30. The molecule has 1 aromatic rings. The quantitative estimate of drug-likeness (QED) is 0.824. The van der Waals surface area contributed by atoms with E-state index in [2.05, 4.69) is 5.32 Å². The highest BCUT2D eigenvalue weighted by atomic mass is 32.2. The molecule has 8 heteroatoms. The third kappa shape index (κ3) is 3.21. The molecule has 0 aromatic heterocycles. The van der Waals surface area contributed by atoms with Crippen LogP contribution in [-0.4, -0.2) is 43.7 Å². The van der Waals surface area contributed by atoms with E-state index in [-0.39, 0.29) is 28.7 Å². The number of nitrogens with zero attached hydrogens (tertiary/aromatic N) is 1. The SMILES string of the molecule is CC(=O)Nc1ccc(S(=O)(=O)C/C=C2/CN3C(=O)C[C@H]3O2)cc1. The van der Waals surface area contributed by atoms with Gasteiger partial charge in [-0.05, 0) is 30.3 Å². The smallest absolute Gasteiger partial charge is 0.231 e. The highest BCUT2D eigenvalue weighted by Gasteiger charge is 2.43. The first-order chi connectivity index (χ1) is 10.8. The van der Waals surface area contributed by atoms with Gasteiger partial charge in [0, 0.05) is 12.6 Å². The molecule has 2 aliphatic rings. The number of β-lactam (4-membered cyclic amide) rings is 1. The summed E-state index contributed by atoms with van der Waals surface area (Å²) >= 11 is 0. The molecule has 1 aromatic carbocycles. The summed E-state index contributed by atoms with van der Waals surface area (Å²) < 4.78 is 30.1. The maximum atomic E-state index is 12.3. The highest BCUT2D eigenvalue weighted by molar-refractivity contribution is 7.91. The molecule has 2 aliphatic heterocycles. The van der Waals surface area contributed by atoms with Crippen LogP contribution in [0.4, 0.5) is 5.69 Å². The molecule has 0 unspecified atom stereocenters. The third-order valence-electron chi connectivity index (χ3n) is 3.70. The fraction of sp³-hybridized carbons (Fsp3) is 0.333. The van der Waals surface area contributed by atoms with Crippen molar-refractivity contribution in [3.63, 3.8) is 0 Å². The van der Waals surface area contributed by atoms with E-state index in [9.17, 15) is 18.0 Å². The largest absolute Gasteiger partial charge is 0.473 e. The minimum Gasteiger partial charge on any atom is -0.473 e. The fourth-order valence-electron chi connectivity index (χ4n) is 2.46. The first-order valence-electron chi connectivity index (χ1n) is 7.11. The van der Waals surface area contributed by atoms with Gasteiger partial charge in [-0.3, -0.25) is 14.5 Å². The first kappa shape index (κ1) is 15.5. The number of carbonyl (C=O) groups excluding carboxylic acids is 2. The zero-order valence-corrected chi connectivity index (χ0v) is 13.3. The lowest BCUT2D eigenvalue weighted by Gasteiger charge is -2.30. The number of benzene rings is 1. The molecule has 7 nitrogen and oxygen atoms in total. The second kappa shape index (κ2) is 5.69. The summed E-state index contributed by atoms with van der Waals surface area (Å²) in [6.45, 7) is 1.72. The molecule has 0 spiro atoms. The predicted octanol–water partition coefficient (Wildman–Crippen LogP) is 0.891. The van der Waals surface area contributed by atoms with E-state index in [1.54, 1.807) is 4.90 Å². The van der Waals surface area contributed by atoms with Crippen LogP contribution in [0.1, 0.15) is 13.3 Å². The van der Waals surface area contributed by atoms with E-state index < -0.39 is 9.84 Å². The molecule has 23 heavy (non-hydrogen) atoms. The van der Waals surface area contributed by atoms with Gasteiger partial charge in [0.15, 0.2) is 16.1 Å². The van der Waals surface area contributed by atoms with E-state index in [1.807, 2.05) is 0 Å².